The van der Waals surface area contributed by atoms with Crippen molar-refractivity contribution in [3.63, 3.8) is 0 Å². The molecule has 11 heteroatoms. The quantitative estimate of drug-likeness (QED) is 0.293. The second-order valence-corrected chi connectivity index (χ2v) is 10.5. The van der Waals surface area contributed by atoms with Crippen LogP contribution in [0.25, 0.3) is 0 Å². The number of hydrogen-bond acceptors (Lipinski definition) is 6. The van der Waals surface area contributed by atoms with E-state index in [1.54, 1.807) is 32.0 Å². The summed E-state index contributed by atoms with van der Waals surface area (Å²) < 4.78 is 28.2. The van der Waals surface area contributed by atoms with Gasteiger partial charge in [-0.2, -0.15) is 0 Å². The predicted molar refractivity (Wildman–Crippen MR) is 144 cm³/mol. The molecule has 3 aromatic rings. The lowest BCUT2D eigenvalue weighted by Crippen LogP contribution is -2.51. The zero-order valence-electron chi connectivity index (χ0n) is 21.4. The smallest absolute Gasteiger partial charge is 0.269 e. The fourth-order valence-corrected chi connectivity index (χ4v) is 5.34. The van der Waals surface area contributed by atoms with Crippen molar-refractivity contribution in [2.45, 2.75) is 38.3 Å². The number of nitro benzene ring substituents is 1. The predicted octanol–water partition coefficient (Wildman–Crippen LogP) is 3.65. The lowest BCUT2D eigenvalue weighted by Gasteiger charge is -2.32. The largest absolute Gasteiger partial charge is 0.355 e. The number of carbonyl (C=O) groups is 2. The Morgan fingerprint density at radius 2 is 1.66 bits per heavy atom. The van der Waals surface area contributed by atoms with Crippen LogP contribution in [-0.2, 0) is 26.2 Å². The van der Waals surface area contributed by atoms with E-state index in [2.05, 4.69) is 5.32 Å². The van der Waals surface area contributed by atoms with Crippen molar-refractivity contribution in [3.8, 4) is 0 Å². The van der Waals surface area contributed by atoms with Crippen LogP contribution in [0, 0.1) is 17.0 Å². The maximum atomic E-state index is 13.8. The fourth-order valence-electron chi connectivity index (χ4n) is 3.90. The van der Waals surface area contributed by atoms with Crippen LogP contribution in [-0.4, -0.2) is 49.2 Å². The minimum Gasteiger partial charge on any atom is -0.355 e. The van der Waals surface area contributed by atoms with Gasteiger partial charge in [0.2, 0.25) is 11.8 Å². The fraction of sp³-hybridized carbons (Fsp3) is 0.259. The van der Waals surface area contributed by atoms with E-state index >= 15 is 0 Å². The number of non-ortho nitro benzene ring substituents is 1. The highest BCUT2D eigenvalue weighted by Crippen LogP contribution is 2.26. The van der Waals surface area contributed by atoms with Crippen molar-refractivity contribution in [1.82, 2.24) is 10.2 Å². The first-order valence-electron chi connectivity index (χ1n) is 12.0. The number of amides is 2. The molecule has 0 heterocycles. The first kappa shape index (κ1) is 28.3. The van der Waals surface area contributed by atoms with Gasteiger partial charge in [0, 0.05) is 25.2 Å². The van der Waals surface area contributed by atoms with Gasteiger partial charge in [0.1, 0.15) is 12.6 Å². The highest BCUT2D eigenvalue weighted by molar-refractivity contribution is 7.92. The third-order valence-corrected chi connectivity index (χ3v) is 7.70. The number of sulfonamides is 1. The molecule has 0 spiro atoms. The van der Waals surface area contributed by atoms with E-state index in [1.165, 1.54) is 41.3 Å². The van der Waals surface area contributed by atoms with E-state index in [9.17, 15) is 28.1 Å². The topological polar surface area (TPSA) is 130 Å². The van der Waals surface area contributed by atoms with Crippen LogP contribution in [0.15, 0.2) is 83.8 Å². The molecule has 10 nitrogen and oxygen atoms in total. The summed E-state index contributed by atoms with van der Waals surface area (Å²) in [5.74, 6) is -0.982. The zero-order chi connectivity index (χ0) is 27.9. The van der Waals surface area contributed by atoms with Gasteiger partial charge in [-0.1, -0.05) is 48.0 Å². The second kappa shape index (κ2) is 12.3. The summed E-state index contributed by atoms with van der Waals surface area (Å²) in [5, 5.41) is 13.8. The number of carbonyl (C=O) groups excluding carboxylic acids is 2. The molecule has 0 fully saturated rings. The average molecular weight is 539 g/mol. The number of rotatable bonds is 11. The molecule has 0 saturated carbocycles. The minimum atomic E-state index is -4.24. The number of nitro groups is 1. The Bertz CT molecular complexity index is 1390. The summed E-state index contributed by atoms with van der Waals surface area (Å²) in [6.07, 6.45) is 0. The normalized spacial score (nSPS) is 11.9. The van der Waals surface area contributed by atoms with Crippen molar-refractivity contribution in [1.29, 1.82) is 0 Å². The third kappa shape index (κ3) is 6.74. The van der Waals surface area contributed by atoms with Crippen molar-refractivity contribution >= 4 is 33.2 Å². The molecule has 0 aliphatic heterocycles. The minimum absolute atomic E-state index is 0.0480. The van der Waals surface area contributed by atoms with E-state index in [1.807, 2.05) is 31.2 Å². The molecular formula is C27H30N4O6S. The first-order chi connectivity index (χ1) is 18.0. The molecule has 0 aliphatic carbocycles. The van der Waals surface area contributed by atoms with E-state index in [4.69, 9.17) is 0 Å². The molecule has 0 radical (unpaired) electrons. The Morgan fingerprint density at radius 1 is 1.00 bits per heavy atom. The Morgan fingerprint density at radius 3 is 2.24 bits per heavy atom. The number of benzene rings is 3. The number of nitrogens with one attached hydrogen (secondary N) is 1. The maximum Gasteiger partial charge on any atom is 0.269 e. The monoisotopic (exact) mass is 538 g/mol. The van der Waals surface area contributed by atoms with Crippen LogP contribution < -0.4 is 9.62 Å². The summed E-state index contributed by atoms with van der Waals surface area (Å²) in [5.41, 5.74) is 1.61. The zero-order valence-corrected chi connectivity index (χ0v) is 22.2. The third-order valence-electron chi connectivity index (χ3n) is 5.91. The molecule has 1 atom stereocenters. The summed E-state index contributed by atoms with van der Waals surface area (Å²) in [4.78, 5) is 38.3. The van der Waals surface area contributed by atoms with Gasteiger partial charge in [0.25, 0.3) is 15.7 Å². The van der Waals surface area contributed by atoms with Gasteiger partial charge in [-0.3, -0.25) is 24.0 Å². The van der Waals surface area contributed by atoms with Gasteiger partial charge in [-0.25, -0.2) is 8.42 Å². The summed E-state index contributed by atoms with van der Waals surface area (Å²) in [6, 6.07) is 19.1. The lowest BCUT2D eigenvalue weighted by molar-refractivity contribution is -0.384. The van der Waals surface area contributed by atoms with Gasteiger partial charge < -0.3 is 10.2 Å². The first-order valence-corrected chi connectivity index (χ1v) is 13.4. The molecule has 200 valence electrons. The van der Waals surface area contributed by atoms with E-state index in [0.29, 0.717) is 6.54 Å². The molecule has 38 heavy (non-hydrogen) atoms. The van der Waals surface area contributed by atoms with Crippen LogP contribution >= 0.6 is 0 Å². The van der Waals surface area contributed by atoms with Crippen molar-refractivity contribution in [2.75, 3.05) is 17.4 Å². The molecule has 0 aliphatic rings. The summed E-state index contributed by atoms with van der Waals surface area (Å²) in [6.45, 7) is 5.09. The summed E-state index contributed by atoms with van der Waals surface area (Å²) >= 11 is 0. The van der Waals surface area contributed by atoms with E-state index in [0.717, 1.165) is 15.4 Å². The van der Waals surface area contributed by atoms with Gasteiger partial charge >= 0.3 is 0 Å². The molecule has 2 amide bonds. The Balaban J connectivity index is 2.04. The van der Waals surface area contributed by atoms with Gasteiger partial charge in [0.15, 0.2) is 0 Å². The van der Waals surface area contributed by atoms with Crippen LogP contribution in [0.2, 0.25) is 0 Å². The molecule has 0 saturated heterocycles. The highest BCUT2D eigenvalue weighted by Gasteiger charge is 2.32. The Kier molecular flexibility index (Phi) is 9.19. The average Bonchev–Trinajstić information content (AvgIpc) is 2.90. The molecule has 1 N–H and O–H groups in total. The van der Waals surface area contributed by atoms with Crippen LogP contribution in [0.4, 0.5) is 11.4 Å². The highest BCUT2D eigenvalue weighted by atomic mass is 32.2. The molecule has 0 bridgehead atoms. The number of likely N-dealkylation sites (N-methyl/N-ethyl adjacent to an activating group) is 1. The second-order valence-electron chi connectivity index (χ2n) is 8.68. The molecule has 3 aromatic carbocycles. The molecular weight excluding hydrogens is 508 g/mol. The number of aryl methyl sites for hydroxylation is 1. The van der Waals surface area contributed by atoms with Crippen LogP contribution in [0.5, 0.6) is 0 Å². The van der Waals surface area contributed by atoms with Crippen molar-refractivity contribution in [3.05, 3.63) is 100 Å². The SMILES string of the molecule is CCNC(=O)[C@@H](C)N(Cc1cccc(C)c1)C(=O)CN(c1ccc([N+](=O)[O-])cc1)S(=O)(=O)c1ccccc1. The van der Waals surface area contributed by atoms with Crippen LogP contribution in [0.1, 0.15) is 25.0 Å². The maximum absolute atomic E-state index is 13.8. The number of anilines is 1. The van der Waals surface area contributed by atoms with E-state index < -0.39 is 33.4 Å². The van der Waals surface area contributed by atoms with E-state index in [-0.39, 0.29) is 28.7 Å². The van der Waals surface area contributed by atoms with Gasteiger partial charge in [-0.05, 0) is 50.6 Å². The number of nitrogens with zero attached hydrogens (tertiary/aromatic N) is 3. The molecule has 0 aromatic heterocycles. The van der Waals surface area contributed by atoms with Crippen LogP contribution in [0.3, 0.4) is 0 Å². The summed E-state index contributed by atoms with van der Waals surface area (Å²) in [7, 11) is -4.24. The standard InChI is InChI=1S/C27H30N4O6S/c1-4-28-27(33)21(3)29(18-22-10-8-9-20(2)17-22)26(32)19-30(23-13-15-24(16-14-23)31(34)35)38(36,37)25-11-6-5-7-12-25/h5-17,21H,4,18-19H2,1-3H3,(H,28,33)/t21-/m1/s1. The lowest BCUT2D eigenvalue weighted by atomic mass is 10.1. The van der Waals surface area contributed by atoms with Gasteiger partial charge in [-0.15, -0.1) is 0 Å². The number of hydrogen-bond donors (Lipinski definition) is 1. The molecule has 3 rings (SSSR count). The molecule has 0 unspecified atom stereocenters. The van der Waals surface area contributed by atoms with Crippen molar-refractivity contribution < 1.29 is 22.9 Å². The Labute approximate surface area is 222 Å². The van der Waals surface area contributed by atoms with Crippen molar-refractivity contribution in [2.24, 2.45) is 0 Å². The van der Waals surface area contributed by atoms with Gasteiger partial charge in [0.05, 0.1) is 15.5 Å². The Hall–Kier alpha value is -4.25.